The van der Waals surface area contributed by atoms with Crippen LogP contribution < -0.4 is 11.3 Å². The van der Waals surface area contributed by atoms with Crippen LogP contribution in [0.25, 0.3) is 22.0 Å². The fourth-order valence-corrected chi connectivity index (χ4v) is 2.22. The maximum atomic E-state index is 12.1. The second-order valence-electron chi connectivity index (χ2n) is 4.51. The van der Waals surface area contributed by atoms with Gasteiger partial charge in [0.25, 0.3) is 5.56 Å². The molecule has 0 saturated carbocycles. The van der Waals surface area contributed by atoms with Crippen LogP contribution in [-0.2, 0) is 0 Å². The quantitative estimate of drug-likeness (QED) is 0.660. The Bertz CT molecular complexity index is 903. The maximum absolute atomic E-state index is 12.1. The van der Waals surface area contributed by atoms with E-state index in [-0.39, 0.29) is 5.56 Å². The number of aromatic amines is 1. The number of nitrogens with zero attached hydrogens (tertiary/aromatic N) is 1. The van der Waals surface area contributed by atoms with Gasteiger partial charge in [-0.25, -0.2) is 0 Å². The molecule has 0 aliphatic rings. The molecule has 3 aromatic rings. The van der Waals surface area contributed by atoms with Crippen molar-refractivity contribution in [1.29, 1.82) is 5.26 Å². The third-order valence-electron chi connectivity index (χ3n) is 3.22. The molecule has 1 aromatic heterocycles. The minimum absolute atomic E-state index is 0.188. The van der Waals surface area contributed by atoms with E-state index in [0.29, 0.717) is 27.7 Å². The number of nitrogens with two attached hydrogens (primary N) is 1. The smallest absolute Gasteiger partial charge is 0.256 e. The van der Waals surface area contributed by atoms with Gasteiger partial charge in [0, 0.05) is 22.2 Å². The molecule has 0 saturated heterocycles. The molecule has 0 amide bonds. The van der Waals surface area contributed by atoms with Crippen molar-refractivity contribution in [2.45, 2.75) is 0 Å². The zero-order chi connectivity index (χ0) is 14.1. The van der Waals surface area contributed by atoms with Gasteiger partial charge in [-0.15, -0.1) is 0 Å². The Morgan fingerprint density at radius 3 is 2.65 bits per heavy atom. The fraction of sp³-hybridized carbons (Fsp3) is 0. The average Bonchev–Trinajstić information content (AvgIpc) is 2.48. The summed E-state index contributed by atoms with van der Waals surface area (Å²) in [6, 6.07) is 16.2. The van der Waals surface area contributed by atoms with Crippen molar-refractivity contribution in [2.75, 3.05) is 5.73 Å². The highest BCUT2D eigenvalue weighted by molar-refractivity contribution is 5.94. The van der Waals surface area contributed by atoms with Gasteiger partial charge in [0.05, 0.1) is 11.6 Å². The van der Waals surface area contributed by atoms with E-state index in [1.165, 1.54) is 0 Å². The van der Waals surface area contributed by atoms with Crippen LogP contribution in [0.2, 0.25) is 0 Å². The molecule has 0 bridgehead atoms. The van der Waals surface area contributed by atoms with Crippen molar-refractivity contribution in [2.24, 2.45) is 0 Å². The third-order valence-corrected chi connectivity index (χ3v) is 3.22. The number of pyridine rings is 1. The lowest BCUT2D eigenvalue weighted by molar-refractivity contribution is 1.28. The first kappa shape index (κ1) is 12.0. The zero-order valence-electron chi connectivity index (χ0n) is 10.6. The topological polar surface area (TPSA) is 82.7 Å². The van der Waals surface area contributed by atoms with E-state index in [0.717, 1.165) is 5.56 Å². The summed E-state index contributed by atoms with van der Waals surface area (Å²) in [5, 5.41) is 10.2. The highest BCUT2D eigenvalue weighted by Gasteiger charge is 2.06. The number of H-pyrrole nitrogens is 1. The summed E-state index contributed by atoms with van der Waals surface area (Å²) in [4.78, 5) is 14.9. The molecule has 1 heterocycles. The molecule has 20 heavy (non-hydrogen) atoms. The normalized spacial score (nSPS) is 10.3. The van der Waals surface area contributed by atoms with Crippen molar-refractivity contribution in [3.05, 3.63) is 64.4 Å². The van der Waals surface area contributed by atoms with Gasteiger partial charge in [0.1, 0.15) is 0 Å². The fourth-order valence-electron chi connectivity index (χ4n) is 2.22. The van der Waals surface area contributed by atoms with Gasteiger partial charge < -0.3 is 10.7 Å². The molecule has 4 nitrogen and oxygen atoms in total. The van der Waals surface area contributed by atoms with Crippen molar-refractivity contribution >= 4 is 16.5 Å². The Morgan fingerprint density at radius 2 is 1.85 bits per heavy atom. The van der Waals surface area contributed by atoms with Crippen LogP contribution in [0.3, 0.4) is 0 Å². The predicted octanol–water partition coefficient (Wildman–Crippen LogP) is 2.65. The number of benzene rings is 2. The number of hydrogen-bond acceptors (Lipinski definition) is 3. The molecule has 0 spiro atoms. The lowest BCUT2D eigenvalue weighted by Gasteiger charge is -2.06. The molecule has 2 aromatic carbocycles. The van der Waals surface area contributed by atoms with Crippen LogP contribution in [0.15, 0.2) is 53.3 Å². The number of aromatic nitrogens is 1. The van der Waals surface area contributed by atoms with Gasteiger partial charge in [-0.2, -0.15) is 5.26 Å². The van der Waals surface area contributed by atoms with Crippen LogP contribution in [0.1, 0.15) is 5.56 Å². The summed E-state index contributed by atoms with van der Waals surface area (Å²) in [6.07, 6.45) is 0. The van der Waals surface area contributed by atoms with E-state index in [2.05, 4.69) is 11.1 Å². The van der Waals surface area contributed by atoms with Crippen molar-refractivity contribution in [3.8, 4) is 17.3 Å². The molecule has 0 fully saturated rings. The Morgan fingerprint density at radius 1 is 1.05 bits per heavy atom. The van der Waals surface area contributed by atoms with Crippen LogP contribution >= 0.6 is 0 Å². The molecular weight excluding hydrogens is 250 g/mol. The highest BCUT2D eigenvalue weighted by Crippen LogP contribution is 2.24. The van der Waals surface area contributed by atoms with E-state index < -0.39 is 0 Å². The maximum Gasteiger partial charge on any atom is 0.256 e. The Balaban J connectivity index is 2.30. The number of hydrogen-bond donors (Lipinski definition) is 2. The summed E-state index contributed by atoms with van der Waals surface area (Å²) < 4.78 is 0. The van der Waals surface area contributed by atoms with Crippen molar-refractivity contribution in [1.82, 2.24) is 4.98 Å². The summed E-state index contributed by atoms with van der Waals surface area (Å²) in [6.45, 7) is 0. The van der Waals surface area contributed by atoms with Crippen LogP contribution in [0.4, 0.5) is 5.69 Å². The van der Waals surface area contributed by atoms with E-state index in [1.54, 1.807) is 36.4 Å². The Labute approximate surface area is 115 Å². The van der Waals surface area contributed by atoms with E-state index in [4.69, 9.17) is 11.0 Å². The number of fused-ring (bicyclic) bond motifs is 1. The van der Waals surface area contributed by atoms with Crippen LogP contribution in [-0.4, -0.2) is 4.98 Å². The lowest BCUT2D eigenvalue weighted by atomic mass is 10.0. The monoisotopic (exact) mass is 261 g/mol. The highest BCUT2D eigenvalue weighted by atomic mass is 16.1. The largest absolute Gasteiger partial charge is 0.398 e. The number of nitriles is 1. The average molecular weight is 261 g/mol. The molecule has 0 radical (unpaired) electrons. The molecule has 4 heteroatoms. The van der Waals surface area contributed by atoms with Gasteiger partial charge in [-0.05, 0) is 35.9 Å². The van der Waals surface area contributed by atoms with Gasteiger partial charge in [-0.3, -0.25) is 4.79 Å². The van der Waals surface area contributed by atoms with Gasteiger partial charge in [0.2, 0.25) is 0 Å². The summed E-state index contributed by atoms with van der Waals surface area (Å²) in [7, 11) is 0. The third kappa shape index (κ3) is 1.91. The summed E-state index contributed by atoms with van der Waals surface area (Å²) in [5.74, 6) is 0. The number of nitrogen functional groups attached to an aromatic ring is 1. The minimum atomic E-state index is -0.188. The molecule has 0 atom stereocenters. The molecular formula is C16H11N3O. The van der Waals surface area contributed by atoms with Gasteiger partial charge in [-0.1, -0.05) is 18.2 Å². The van der Waals surface area contributed by atoms with Crippen LogP contribution in [0, 0.1) is 11.3 Å². The molecule has 0 aliphatic heterocycles. The summed E-state index contributed by atoms with van der Waals surface area (Å²) >= 11 is 0. The molecule has 3 rings (SSSR count). The van der Waals surface area contributed by atoms with E-state index in [9.17, 15) is 4.79 Å². The number of anilines is 1. The second-order valence-corrected chi connectivity index (χ2v) is 4.51. The second kappa shape index (κ2) is 4.56. The first-order valence-electron chi connectivity index (χ1n) is 6.11. The minimum Gasteiger partial charge on any atom is -0.398 e. The van der Waals surface area contributed by atoms with Crippen molar-refractivity contribution < 1.29 is 0 Å². The molecule has 3 N–H and O–H groups in total. The summed E-state index contributed by atoms with van der Waals surface area (Å²) in [5.41, 5.74) is 8.28. The standard InChI is InChI=1S/C16H11N3O/c17-9-10-3-1-4-11(7-10)15-8-13-12(16(20)19-15)5-2-6-14(13)18/h1-8H,18H2,(H,19,20). The molecule has 0 unspecified atom stereocenters. The SMILES string of the molecule is N#Cc1cccc(-c2cc3c(N)cccc3c(=O)[nH]2)c1. The number of rotatable bonds is 1. The van der Waals surface area contributed by atoms with Crippen LogP contribution in [0.5, 0.6) is 0 Å². The lowest BCUT2D eigenvalue weighted by Crippen LogP contribution is -2.08. The first-order valence-corrected chi connectivity index (χ1v) is 6.11. The first-order chi connectivity index (χ1) is 9.69. The van der Waals surface area contributed by atoms with Gasteiger partial charge >= 0.3 is 0 Å². The van der Waals surface area contributed by atoms with E-state index in [1.807, 2.05) is 12.1 Å². The van der Waals surface area contributed by atoms with Gasteiger partial charge in [0.15, 0.2) is 0 Å². The Kier molecular flexibility index (Phi) is 2.73. The molecule has 96 valence electrons. The Hall–Kier alpha value is -3.06. The van der Waals surface area contributed by atoms with E-state index >= 15 is 0 Å². The zero-order valence-corrected chi connectivity index (χ0v) is 10.6. The number of nitrogens with one attached hydrogen (secondary N) is 1. The predicted molar refractivity (Wildman–Crippen MR) is 79.1 cm³/mol. The molecule has 0 aliphatic carbocycles. The van der Waals surface area contributed by atoms with Crippen molar-refractivity contribution in [3.63, 3.8) is 0 Å².